The summed E-state index contributed by atoms with van der Waals surface area (Å²) in [6.07, 6.45) is 6.12. The maximum atomic E-state index is 10.5. The van der Waals surface area contributed by atoms with E-state index >= 15 is 0 Å². The van der Waals surface area contributed by atoms with Crippen molar-refractivity contribution in [2.24, 2.45) is 23.2 Å². The zero-order chi connectivity index (χ0) is 10.8. The third kappa shape index (κ3) is 2.37. The molecule has 1 rings (SSSR count). The Morgan fingerprint density at radius 2 is 2.07 bits per heavy atom. The maximum Gasteiger partial charge on any atom is 0.122 e. The van der Waals surface area contributed by atoms with Crippen LogP contribution in [0.2, 0.25) is 0 Å². The Hall–Kier alpha value is -0.330. The van der Waals surface area contributed by atoms with Gasteiger partial charge in [-0.2, -0.15) is 0 Å². The predicted octanol–water partition coefficient (Wildman–Crippen LogP) is 3.67. The van der Waals surface area contributed by atoms with Crippen molar-refractivity contribution in [1.82, 2.24) is 0 Å². The van der Waals surface area contributed by atoms with Crippen LogP contribution < -0.4 is 0 Å². The van der Waals surface area contributed by atoms with Crippen LogP contribution >= 0.6 is 0 Å². The van der Waals surface area contributed by atoms with Gasteiger partial charge >= 0.3 is 0 Å². The van der Waals surface area contributed by atoms with Gasteiger partial charge in [0.25, 0.3) is 0 Å². The molecule has 0 spiro atoms. The smallest absolute Gasteiger partial charge is 0.122 e. The van der Waals surface area contributed by atoms with Gasteiger partial charge in [-0.05, 0) is 42.9 Å². The summed E-state index contributed by atoms with van der Waals surface area (Å²) in [5, 5.41) is 0. The molecule has 0 radical (unpaired) electrons. The van der Waals surface area contributed by atoms with Gasteiger partial charge in [-0.15, -0.1) is 0 Å². The van der Waals surface area contributed by atoms with Crippen molar-refractivity contribution in [3.63, 3.8) is 0 Å². The lowest BCUT2D eigenvalue weighted by molar-refractivity contribution is -0.110. The average Bonchev–Trinajstić information content (AvgIpc) is 2.39. The second kappa shape index (κ2) is 4.46. The van der Waals surface area contributed by atoms with E-state index < -0.39 is 0 Å². The molecule has 0 aromatic rings. The summed E-state index contributed by atoms with van der Waals surface area (Å²) in [7, 11) is 0. The molecule has 3 atom stereocenters. The largest absolute Gasteiger partial charge is 0.303 e. The first-order valence-corrected chi connectivity index (χ1v) is 5.93. The van der Waals surface area contributed by atoms with Crippen molar-refractivity contribution in [2.75, 3.05) is 0 Å². The first-order valence-electron chi connectivity index (χ1n) is 5.93. The Bertz CT molecular complexity index is 195. The van der Waals surface area contributed by atoms with Crippen LogP contribution in [-0.2, 0) is 4.79 Å². The van der Waals surface area contributed by atoms with Crippen molar-refractivity contribution >= 4 is 6.29 Å². The Morgan fingerprint density at radius 3 is 2.50 bits per heavy atom. The van der Waals surface area contributed by atoms with Crippen molar-refractivity contribution in [2.45, 2.75) is 53.4 Å². The predicted molar refractivity (Wildman–Crippen MR) is 60.1 cm³/mol. The quantitative estimate of drug-likeness (QED) is 0.627. The molecular weight excluding hydrogens is 172 g/mol. The van der Waals surface area contributed by atoms with E-state index in [1.165, 1.54) is 19.3 Å². The monoisotopic (exact) mass is 196 g/mol. The van der Waals surface area contributed by atoms with Gasteiger partial charge in [-0.1, -0.05) is 27.7 Å². The molecule has 0 saturated heterocycles. The summed E-state index contributed by atoms with van der Waals surface area (Å²) in [5.74, 6) is 1.93. The first kappa shape index (κ1) is 11.7. The van der Waals surface area contributed by atoms with Crippen molar-refractivity contribution < 1.29 is 4.79 Å². The van der Waals surface area contributed by atoms with Gasteiger partial charge in [0.1, 0.15) is 6.29 Å². The maximum absolute atomic E-state index is 10.5. The number of rotatable bonds is 4. The summed E-state index contributed by atoms with van der Waals surface area (Å²) in [6.45, 7) is 9.17. The lowest BCUT2D eigenvalue weighted by atomic mass is 9.74. The van der Waals surface area contributed by atoms with Crippen LogP contribution in [-0.4, -0.2) is 6.29 Å². The fourth-order valence-electron chi connectivity index (χ4n) is 2.65. The third-order valence-electron chi connectivity index (χ3n) is 4.47. The fraction of sp³-hybridized carbons (Fsp3) is 0.923. The Balaban J connectivity index is 2.42. The second-order valence-corrected chi connectivity index (χ2v) is 5.69. The molecule has 1 aliphatic rings. The summed E-state index contributed by atoms with van der Waals surface area (Å²) in [6, 6.07) is 0. The van der Waals surface area contributed by atoms with Gasteiger partial charge in [0.15, 0.2) is 0 Å². The molecule has 1 saturated carbocycles. The minimum atomic E-state index is 0.252. The summed E-state index contributed by atoms with van der Waals surface area (Å²) in [4.78, 5) is 10.5. The van der Waals surface area contributed by atoms with Gasteiger partial charge in [0.05, 0.1) is 0 Å². The SMILES string of the molecule is CC(C=O)CCC1CCC(C)C1(C)C. The molecule has 1 nitrogen and oxygen atoms in total. The van der Waals surface area contributed by atoms with E-state index in [1.807, 2.05) is 6.92 Å². The molecule has 1 aliphatic carbocycles. The van der Waals surface area contributed by atoms with Crippen molar-refractivity contribution in [3.05, 3.63) is 0 Å². The highest BCUT2D eigenvalue weighted by atomic mass is 16.1. The second-order valence-electron chi connectivity index (χ2n) is 5.69. The third-order valence-corrected chi connectivity index (χ3v) is 4.47. The van der Waals surface area contributed by atoms with Crippen LogP contribution in [0.25, 0.3) is 0 Å². The topological polar surface area (TPSA) is 17.1 Å². The van der Waals surface area contributed by atoms with E-state index in [0.29, 0.717) is 5.41 Å². The number of hydrogen-bond donors (Lipinski definition) is 0. The summed E-state index contributed by atoms with van der Waals surface area (Å²) in [5.41, 5.74) is 0.489. The zero-order valence-corrected chi connectivity index (χ0v) is 10.0. The lowest BCUT2D eigenvalue weighted by Crippen LogP contribution is -2.23. The molecule has 3 unspecified atom stereocenters. The highest BCUT2D eigenvalue weighted by Crippen LogP contribution is 2.49. The average molecular weight is 196 g/mol. The Morgan fingerprint density at radius 1 is 1.43 bits per heavy atom. The molecule has 1 heteroatoms. The zero-order valence-electron chi connectivity index (χ0n) is 10.0. The summed E-state index contributed by atoms with van der Waals surface area (Å²) < 4.78 is 0. The Labute approximate surface area is 88.3 Å². The minimum Gasteiger partial charge on any atom is -0.303 e. The molecule has 1 fully saturated rings. The molecule has 0 aromatic carbocycles. The van der Waals surface area contributed by atoms with Gasteiger partial charge in [0, 0.05) is 5.92 Å². The molecule has 14 heavy (non-hydrogen) atoms. The molecular formula is C13H24O. The van der Waals surface area contributed by atoms with E-state index in [-0.39, 0.29) is 5.92 Å². The van der Waals surface area contributed by atoms with E-state index in [0.717, 1.165) is 24.5 Å². The van der Waals surface area contributed by atoms with Crippen LogP contribution in [0.3, 0.4) is 0 Å². The number of carbonyl (C=O) groups is 1. The lowest BCUT2D eigenvalue weighted by Gasteiger charge is -2.31. The van der Waals surface area contributed by atoms with Gasteiger partial charge < -0.3 is 4.79 Å². The molecule has 82 valence electrons. The van der Waals surface area contributed by atoms with Crippen molar-refractivity contribution in [3.8, 4) is 0 Å². The highest BCUT2D eigenvalue weighted by Gasteiger charge is 2.39. The van der Waals surface area contributed by atoms with Gasteiger partial charge in [-0.3, -0.25) is 0 Å². The standard InChI is InChI=1S/C13H24O/c1-10(9-14)5-7-12-8-6-11(2)13(12,3)4/h9-12H,5-8H2,1-4H3. The molecule has 0 amide bonds. The molecule has 0 N–H and O–H groups in total. The van der Waals surface area contributed by atoms with Crippen LogP contribution in [0.15, 0.2) is 0 Å². The highest BCUT2D eigenvalue weighted by molar-refractivity contribution is 5.52. The number of aldehydes is 1. The van der Waals surface area contributed by atoms with E-state index in [2.05, 4.69) is 20.8 Å². The molecule has 0 heterocycles. The van der Waals surface area contributed by atoms with Crippen LogP contribution in [0, 0.1) is 23.2 Å². The van der Waals surface area contributed by atoms with Crippen LogP contribution in [0.1, 0.15) is 53.4 Å². The van der Waals surface area contributed by atoms with Crippen LogP contribution in [0.4, 0.5) is 0 Å². The van der Waals surface area contributed by atoms with Gasteiger partial charge in [0.2, 0.25) is 0 Å². The van der Waals surface area contributed by atoms with Crippen LogP contribution in [0.5, 0.6) is 0 Å². The molecule has 0 aliphatic heterocycles. The Kier molecular flexibility index (Phi) is 3.74. The minimum absolute atomic E-state index is 0.252. The van der Waals surface area contributed by atoms with E-state index in [9.17, 15) is 4.79 Å². The van der Waals surface area contributed by atoms with Gasteiger partial charge in [-0.25, -0.2) is 0 Å². The van der Waals surface area contributed by atoms with E-state index in [4.69, 9.17) is 0 Å². The number of hydrogen-bond acceptors (Lipinski definition) is 1. The first-order chi connectivity index (χ1) is 6.48. The molecule has 0 aromatic heterocycles. The normalized spacial score (nSPS) is 32.9. The number of carbonyl (C=O) groups excluding carboxylic acids is 1. The fourth-order valence-corrected chi connectivity index (χ4v) is 2.65. The van der Waals surface area contributed by atoms with Crippen molar-refractivity contribution in [1.29, 1.82) is 0 Å². The summed E-state index contributed by atoms with van der Waals surface area (Å²) >= 11 is 0. The molecule has 0 bridgehead atoms. The van der Waals surface area contributed by atoms with E-state index in [1.54, 1.807) is 0 Å².